The lowest BCUT2D eigenvalue weighted by atomic mass is 9.97. The van der Waals surface area contributed by atoms with Crippen LogP contribution in [0.4, 0.5) is 16.2 Å². The Morgan fingerprint density at radius 3 is 2.84 bits per heavy atom. The number of hydrogen-bond donors (Lipinski definition) is 2. The van der Waals surface area contributed by atoms with Crippen molar-refractivity contribution in [3.8, 4) is 5.82 Å². The highest BCUT2D eigenvalue weighted by atomic mass is 19.1. The van der Waals surface area contributed by atoms with E-state index in [9.17, 15) is 14.3 Å². The predicted octanol–water partition coefficient (Wildman–Crippen LogP) is 2.29. The SMILES string of the molecule is COC[C@H]1Cc2cn(-c3nc(Nc4ccnn4C)ncc3C)nc2C(=O)N1Cc1cc(F)ccc1CO. The van der Waals surface area contributed by atoms with E-state index in [1.807, 2.05) is 6.92 Å². The maximum absolute atomic E-state index is 14.0. The summed E-state index contributed by atoms with van der Waals surface area (Å²) in [5.74, 6) is 0.896. The molecule has 4 aromatic rings. The van der Waals surface area contributed by atoms with E-state index in [1.165, 1.54) is 18.2 Å². The Morgan fingerprint density at radius 2 is 2.11 bits per heavy atom. The molecule has 1 atom stereocenters. The Labute approximate surface area is 212 Å². The number of nitrogens with one attached hydrogen (secondary N) is 1. The first-order valence-corrected chi connectivity index (χ1v) is 11.7. The van der Waals surface area contributed by atoms with E-state index >= 15 is 0 Å². The van der Waals surface area contributed by atoms with E-state index in [-0.39, 0.29) is 25.1 Å². The normalized spacial score (nSPS) is 15.2. The van der Waals surface area contributed by atoms with Gasteiger partial charge in [0.1, 0.15) is 11.6 Å². The molecule has 0 unspecified atom stereocenters. The van der Waals surface area contributed by atoms with Gasteiger partial charge in [0, 0.05) is 50.3 Å². The first kappa shape index (κ1) is 24.5. The summed E-state index contributed by atoms with van der Waals surface area (Å²) >= 11 is 0. The second kappa shape index (κ2) is 10.1. The molecular weight excluding hydrogens is 479 g/mol. The smallest absolute Gasteiger partial charge is 0.275 e. The van der Waals surface area contributed by atoms with Crippen molar-refractivity contribution in [2.45, 2.75) is 32.5 Å². The zero-order valence-electron chi connectivity index (χ0n) is 20.7. The van der Waals surface area contributed by atoms with Gasteiger partial charge in [-0.05, 0) is 36.6 Å². The highest BCUT2D eigenvalue weighted by Gasteiger charge is 2.35. The lowest BCUT2D eigenvalue weighted by Gasteiger charge is -2.35. The van der Waals surface area contributed by atoms with Gasteiger partial charge in [-0.2, -0.15) is 15.2 Å². The Bertz CT molecular complexity index is 1450. The molecule has 5 rings (SSSR count). The van der Waals surface area contributed by atoms with E-state index < -0.39 is 5.82 Å². The Morgan fingerprint density at radius 1 is 1.27 bits per heavy atom. The van der Waals surface area contributed by atoms with Crippen LogP contribution in [0.1, 0.15) is 32.7 Å². The van der Waals surface area contributed by atoms with Gasteiger partial charge in [0.15, 0.2) is 11.5 Å². The lowest BCUT2D eigenvalue weighted by Crippen LogP contribution is -2.47. The molecule has 12 heteroatoms. The van der Waals surface area contributed by atoms with Gasteiger partial charge in [0.05, 0.1) is 25.5 Å². The number of hydrogen-bond acceptors (Lipinski definition) is 8. The number of amides is 1. The molecule has 192 valence electrons. The van der Waals surface area contributed by atoms with Gasteiger partial charge < -0.3 is 20.1 Å². The molecule has 0 saturated carbocycles. The number of aliphatic hydroxyl groups is 1. The van der Waals surface area contributed by atoms with Gasteiger partial charge in [-0.25, -0.2) is 14.1 Å². The highest BCUT2D eigenvalue weighted by molar-refractivity contribution is 5.95. The van der Waals surface area contributed by atoms with Crippen molar-refractivity contribution in [1.82, 2.24) is 34.4 Å². The zero-order chi connectivity index (χ0) is 26.1. The van der Waals surface area contributed by atoms with Crippen LogP contribution in [0.15, 0.2) is 42.9 Å². The van der Waals surface area contributed by atoms with E-state index in [2.05, 4.69) is 25.5 Å². The number of halogens is 1. The molecule has 0 radical (unpaired) electrons. The number of rotatable bonds is 8. The summed E-state index contributed by atoms with van der Waals surface area (Å²) in [6, 6.07) is 5.68. The summed E-state index contributed by atoms with van der Waals surface area (Å²) in [4.78, 5) is 24.2. The Kier molecular flexibility index (Phi) is 6.68. The molecule has 1 aliphatic rings. The number of benzene rings is 1. The number of carbonyl (C=O) groups excluding carboxylic acids is 1. The van der Waals surface area contributed by atoms with Gasteiger partial charge in [0.2, 0.25) is 5.95 Å². The first-order valence-electron chi connectivity index (χ1n) is 11.7. The number of carbonyl (C=O) groups is 1. The average Bonchev–Trinajstić information content (AvgIpc) is 3.49. The Balaban J connectivity index is 1.47. The third-order valence-electron chi connectivity index (χ3n) is 6.41. The summed E-state index contributed by atoms with van der Waals surface area (Å²) in [6.45, 7) is 2.03. The van der Waals surface area contributed by atoms with Crippen molar-refractivity contribution in [3.63, 3.8) is 0 Å². The predicted molar refractivity (Wildman–Crippen MR) is 132 cm³/mol. The second-order valence-electron chi connectivity index (χ2n) is 8.93. The number of methoxy groups -OCH3 is 1. The monoisotopic (exact) mass is 506 g/mol. The van der Waals surface area contributed by atoms with Gasteiger partial charge >= 0.3 is 0 Å². The number of anilines is 2. The number of aryl methyl sites for hydroxylation is 2. The molecule has 4 heterocycles. The molecule has 0 saturated heterocycles. The summed E-state index contributed by atoms with van der Waals surface area (Å²) in [6.07, 6.45) is 5.66. The van der Waals surface area contributed by atoms with Crippen LogP contribution >= 0.6 is 0 Å². The van der Waals surface area contributed by atoms with Gasteiger partial charge in [-0.3, -0.25) is 9.48 Å². The van der Waals surface area contributed by atoms with Crippen molar-refractivity contribution in [3.05, 3.63) is 76.6 Å². The van der Waals surface area contributed by atoms with Crippen LogP contribution in [0.3, 0.4) is 0 Å². The van der Waals surface area contributed by atoms with Crippen LogP contribution in [0.2, 0.25) is 0 Å². The summed E-state index contributed by atoms with van der Waals surface area (Å²) in [5.41, 5.74) is 2.95. The van der Waals surface area contributed by atoms with Crippen molar-refractivity contribution < 1.29 is 19.0 Å². The quantitative estimate of drug-likeness (QED) is 0.373. The van der Waals surface area contributed by atoms with Crippen molar-refractivity contribution in [1.29, 1.82) is 0 Å². The molecule has 0 bridgehead atoms. The third kappa shape index (κ3) is 4.80. The number of nitrogens with zero attached hydrogens (tertiary/aromatic N) is 7. The van der Waals surface area contributed by atoms with Crippen LogP contribution in [-0.2, 0) is 31.4 Å². The Hall–Kier alpha value is -4.16. The molecule has 1 aromatic carbocycles. The molecule has 0 spiro atoms. The van der Waals surface area contributed by atoms with E-state index in [0.29, 0.717) is 41.6 Å². The minimum Gasteiger partial charge on any atom is -0.392 e. The van der Waals surface area contributed by atoms with Crippen LogP contribution in [0, 0.1) is 12.7 Å². The molecular formula is C25H27FN8O3. The van der Waals surface area contributed by atoms with Crippen molar-refractivity contribution in [2.24, 2.45) is 7.05 Å². The minimum atomic E-state index is -0.431. The number of aliphatic hydroxyl groups excluding tert-OH is 1. The molecule has 0 fully saturated rings. The summed E-state index contributed by atoms with van der Waals surface area (Å²) in [5, 5.41) is 21.6. The van der Waals surface area contributed by atoms with E-state index in [0.717, 1.165) is 16.9 Å². The van der Waals surface area contributed by atoms with Gasteiger partial charge in [-0.15, -0.1) is 0 Å². The largest absolute Gasteiger partial charge is 0.392 e. The molecule has 0 aliphatic carbocycles. The standard InChI is InChI=1S/C25H27FN8O3/c1-15-10-27-25(29-21-6-7-28-32(21)2)30-23(15)34-12-18-9-20(14-37-3)33(24(36)22(18)31-34)11-17-8-19(26)5-4-16(17)13-35/h4-8,10,12,20,35H,9,11,13-14H2,1-3H3,(H,27,29,30)/t20-/m1/s1. The molecule has 2 N–H and O–H groups in total. The lowest BCUT2D eigenvalue weighted by molar-refractivity contribution is 0.0463. The minimum absolute atomic E-state index is 0.123. The summed E-state index contributed by atoms with van der Waals surface area (Å²) < 4.78 is 22.6. The van der Waals surface area contributed by atoms with Crippen molar-refractivity contribution in [2.75, 3.05) is 19.0 Å². The van der Waals surface area contributed by atoms with Crippen LogP contribution in [0.25, 0.3) is 5.82 Å². The summed E-state index contributed by atoms with van der Waals surface area (Å²) in [7, 11) is 3.38. The third-order valence-corrected chi connectivity index (χ3v) is 6.41. The highest BCUT2D eigenvalue weighted by Crippen LogP contribution is 2.27. The molecule has 3 aromatic heterocycles. The maximum atomic E-state index is 14.0. The number of fused-ring (bicyclic) bond motifs is 1. The molecule has 1 aliphatic heterocycles. The van der Waals surface area contributed by atoms with Crippen molar-refractivity contribution >= 4 is 17.7 Å². The fourth-order valence-corrected chi connectivity index (χ4v) is 4.47. The molecule has 37 heavy (non-hydrogen) atoms. The van der Waals surface area contributed by atoms with Gasteiger partial charge in [-0.1, -0.05) is 6.07 Å². The van der Waals surface area contributed by atoms with E-state index in [4.69, 9.17) is 4.74 Å². The topological polar surface area (TPSA) is 123 Å². The zero-order valence-corrected chi connectivity index (χ0v) is 20.7. The van der Waals surface area contributed by atoms with Crippen LogP contribution < -0.4 is 5.32 Å². The molecule has 11 nitrogen and oxygen atoms in total. The fraction of sp³-hybridized carbons (Fsp3) is 0.320. The fourth-order valence-electron chi connectivity index (χ4n) is 4.47. The number of ether oxygens (including phenoxy) is 1. The van der Waals surface area contributed by atoms with Crippen LogP contribution in [-0.4, -0.2) is 65.2 Å². The van der Waals surface area contributed by atoms with Gasteiger partial charge in [0.25, 0.3) is 5.91 Å². The van der Waals surface area contributed by atoms with E-state index in [1.54, 1.807) is 53.1 Å². The molecule has 1 amide bonds. The van der Waals surface area contributed by atoms with Crippen LogP contribution in [0.5, 0.6) is 0 Å². The maximum Gasteiger partial charge on any atom is 0.275 e. The first-order chi connectivity index (χ1) is 17.9. The average molecular weight is 507 g/mol. The number of aromatic nitrogens is 6. The second-order valence-corrected chi connectivity index (χ2v) is 8.93.